The van der Waals surface area contributed by atoms with Gasteiger partial charge in [0.2, 0.25) is 0 Å². The fourth-order valence-electron chi connectivity index (χ4n) is 3.51. The molecule has 21 heavy (non-hydrogen) atoms. The Labute approximate surface area is 124 Å². The van der Waals surface area contributed by atoms with Crippen molar-refractivity contribution in [2.75, 3.05) is 6.54 Å². The van der Waals surface area contributed by atoms with E-state index in [9.17, 15) is 9.59 Å². The number of pyridine rings is 1. The maximum Gasteiger partial charge on any atom is 0.325 e. The van der Waals surface area contributed by atoms with Gasteiger partial charge in [0.25, 0.3) is 5.91 Å². The van der Waals surface area contributed by atoms with Gasteiger partial charge >= 0.3 is 6.03 Å². The van der Waals surface area contributed by atoms with Crippen LogP contribution >= 0.6 is 0 Å². The molecule has 3 amide bonds. The molecule has 1 saturated heterocycles. The maximum atomic E-state index is 12.4. The van der Waals surface area contributed by atoms with E-state index >= 15 is 0 Å². The zero-order valence-corrected chi connectivity index (χ0v) is 12.2. The lowest BCUT2D eigenvalue weighted by molar-refractivity contribution is -0.127. The quantitative estimate of drug-likeness (QED) is 0.867. The van der Waals surface area contributed by atoms with Crippen molar-refractivity contribution in [3.8, 4) is 0 Å². The molecule has 0 radical (unpaired) electrons. The van der Waals surface area contributed by atoms with Crippen molar-refractivity contribution >= 4 is 11.9 Å². The summed E-state index contributed by atoms with van der Waals surface area (Å²) in [7, 11) is 0. The van der Waals surface area contributed by atoms with Crippen LogP contribution in [0.1, 0.15) is 44.1 Å². The van der Waals surface area contributed by atoms with Crippen molar-refractivity contribution in [2.45, 2.75) is 50.5 Å². The van der Waals surface area contributed by atoms with E-state index in [1.807, 2.05) is 18.3 Å². The summed E-state index contributed by atoms with van der Waals surface area (Å²) >= 11 is 0. The number of carbonyl (C=O) groups excluding carboxylic acids is 2. The maximum absolute atomic E-state index is 12.4. The average molecular weight is 287 g/mol. The second-order valence-electron chi connectivity index (χ2n) is 5.97. The van der Waals surface area contributed by atoms with Crippen LogP contribution in [0.5, 0.6) is 0 Å². The molecule has 1 aromatic rings. The van der Waals surface area contributed by atoms with E-state index < -0.39 is 5.54 Å². The third-order valence-electron chi connectivity index (χ3n) is 4.68. The largest absolute Gasteiger partial charge is 0.325 e. The van der Waals surface area contributed by atoms with Crippen LogP contribution in [-0.4, -0.2) is 33.9 Å². The third-order valence-corrected chi connectivity index (χ3v) is 4.68. The molecule has 3 rings (SSSR count). The summed E-state index contributed by atoms with van der Waals surface area (Å²) in [6, 6.07) is 3.67. The molecule has 1 saturated carbocycles. The van der Waals surface area contributed by atoms with Gasteiger partial charge in [-0.1, -0.05) is 31.7 Å². The van der Waals surface area contributed by atoms with Crippen molar-refractivity contribution in [1.29, 1.82) is 0 Å². The second kappa shape index (κ2) is 5.84. The molecular formula is C16H21N3O2. The molecule has 2 heterocycles. The van der Waals surface area contributed by atoms with Gasteiger partial charge in [0.05, 0.1) is 0 Å². The minimum absolute atomic E-state index is 0.0967. The molecule has 2 fully saturated rings. The highest BCUT2D eigenvalue weighted by Crippen LogP contribution is 2.36. The molecule has 1 aromatic heterocycles. The Morgan fingerprint density at radius 3 is 2.62 bits per heavy atom. The molecule has 2 aliphatic rings. The lowest BCUT2D eigenvalue weighted by Crippen LogP contribution is -2.50. The van der Waals surface area contributed by atoms with E-state index in [1.54, 1.807) is 11.1 Å². The van der Waals surface area contributed by atoms with E-state index in [4.69, 9.17) is 0 Å². The second-order valence-corrected chi connectivity index (χ2v) is 5.97. The average Bonchev–Trinajstić information content (AvgIpc) is 2.67. The predicted octanol–water partition coefficient (Wildman–Crippen LogP) is 2.27. The first-order valence-corrected chi connectivity index (χ1v) is 7.74. The fraction of sp³-hybridized carbons (Fsp3) is 0.562. The van der Waals surface area contributed by atoms with Gasteiger partial charge in [0.15, 0.2) is 0 Å². The Balaban J connectivity index is 1.77. The first kappa shape index (κ1) is 14.0. The summed E-state index contributed by atoms with van der Waals surface area (Å²) in [5.41, 5.74) is 0.490. The van der Waals surface area contributed by atoms with Crippen molar-refractivity contribution in [2.24, 2.45) is 0 Å². The van der Waals surface area contributed by atoms with Gasteiger partial charge in [-0.25, -0.2) is 4.79 Å². The first-order valence-electron chi connectivity index (χ1n) is 7.74. The fourth-order valence-corrected chi connectivity index (χ4v) is 3.51. The van der Waals surface area contributed by atoms with Crippen molar-refractivity contribution in [3.63, 3.8) is 0 Å². The van der Waals surface area contributed by atoms with Crippen LogP contribution in [0.2, 0.25) is 0 Å². The Morgan fingerprint density at radius 1 is 1.19 bits per heavy atom. The molecule has 1 aliphatic carbocycles. The molecule has 1 aliphatic heterocycles. The van der Waals surface area contributed by atoms with E-state index in [2.05, 4.69) is 10.3 Å². The lowest BCUT2D eigenvalue weighted by atomic mass is 9.88. The SMILES string of the molecule is O=C1NC(=O)C2(CCCCCC2)N1CCc1cccnc1. The standard InChI is InChI=1S/C16H21N3O2/c20-14-16(8-3-1-2-4-9-16)19(15(21)18-14)11-7-13-6-5-10-17-12-13/h5-6,10,12H,1-4,7-9,11H2,(H,18,20,21). The minimum atomic E-state index is -0.601. The number of hydrogen-bond acceptors (Lipinski definition) is 3. The number of rotatable bonds is 3. The monoisotopic (exact) mass is 287 g/mol. The molecule has 0 bridgehead atoms. The highest BCUT2D eigenvalue weighted by Gasteiger charge is 2.51. The Kier molecular flexibility index (Phi) is 3.90. The number of amides is 3. The van der Waals surface area contributed by atoms with Crippen molar-refractivity contribution < 1.29 is 9.59 Å². The molecule has 0 aromatic carbocycles. The Bertz CT molecular complexity index is 522. The summed E-state index contributed by atoms with van der Waals surface area (Å²) in [5.74, 6) is -0.0967. The first-order chi connectivity index (χ1) is 10.2. The summed E-state index contributed by atoms with van der Waals surface area (Å²) in [6.45, 7) is 0.573. The van der Waals surface area contributed by atoms with Gasteiger partial charge < -0.3 is 4.90 Å². The number of nitrogens with zero attached hydrogens (tertiary/aromatic N) is 2. The third kappa shape index (κ3) is 2.64. The minimum Gasteiger partial charge on any atom is -0.309 e. The van der Waals surface area contributed by atoms with Gasteiger partial charge in [-0.15, -0.1) is 0 Å². The zero-order valence-electron chi connectivity index (χ0n) is 12.2. The molecular weight excluding hydrogens is 266 g/mol. The number of carbonyl (C=O) groups is 2. The van der Waals surface area contributed by atoms with Crippen LogP contribution in [0.15, 0.2) is 24.5 Å². The van der Waals surface area contributed by atoms with Gasteiger partial charge in [-0.05, 0) is 30.9 Å². The van der Waals surface area contributed by atoms with E-state index in [0.717, 1.165) is 50.5 Å². The number of imide groups is 1. The van der Waals surface area contributed by atoms with Gasteiger partial charge in [0.1, 0.15) is 5.54 Å². The van der Waals surface area contributed by atoms with E-state index in [0.29, 0.717) is 6.54 Å². The summed E-state index contributed by atoms with van der Waals surface area (Å²) in [4.78, 5) is 30.4. The summed E-state index contributed by atoms with van der Waals surface area (Å²) < 4.78 is 0. The number of nitrogens with one attached hydrogen (secondary N) is 1. The summed E-state index contributed by atoms with van der Waals surface area (Å²) in [6.07, 6.45) is 10.2. The molecule has 5 nitrogen and oxygen atoms in total. The van der Waals surface area contributed by atoms with Crippen LogP contribution in [-0.2, 0) is 11.2 Å². The molecule has 0 unspecified atom stereocenters. The van der Waals surface area contributed by atoms with E-state index in [1.165, 1.54) is 0 Å². The predicted molar refractivity (Wildman–Crippen MR) is 78.6 cm³/mol. The van der Waals surface area contributed by atoms with Crippen molar-refractivity contribution in [1.82, 2.24) is 15.2 Å². The van der Waals surface area contributed by atoms with Crippen molar-refractivity contribution in [3.05, 3.63) is 30.1 Å². The molecule has 1 N–H and O–H groups in total. The smallest absolute Gasteiger partial charge is 0.309 e. The topological polar surface area (TPSA) is 62.3 Å². The van der Waals surface area contributed by atoms with Crippen LogP contribution in [0.25, 0.3) is 0 Å². The van der Waals surface area contributed by atoms with Crippen LogP contribution < -0.4 is 5.32 Å². The molecule has 1 spiro atoms. The van der Waals surface area contributed by atoms with Crippen LogP contribution in [0.3, 0.4) is 0 Å². The Hall–Kier alpha value is -1.91. The molecule has 0 atom stereocenters. The molecule has 112 valence electrons. The highest BCUT2D eigenvalue weighted by atomic mass is 16.2. The normalized spacial score (nSPS) is 21.4. The number of aromatic nitrogens is 1. The number of hydrogen-bond donors (Lipinski definition) is 1. The highest BCUT2D eigenvalue weighted by molar-refractivity contribution is 6.07. The zero-order chi connectivity index (χ0) is 14.7. The lowest BCUT2D eigenvalue weighted by Gasteiger charge is -2.34. The van der Waals surface area contributed by atoms with Gasteiger partial charge in [-0.2, -0.15) is 0 Å². The van der Waals surface area contributed by atoms with E-state index in [-0.39, 0.29) is 11.9 Å². The van der Waals surface area contributed by atoms with Gasteiger partial charge in [0, 0.05) is 18.9 Å². The van der Waals surface area contributed by atoms with Crippen LogP contribution in [0.4, 0.5) is 4.79 Å². The summed E-state index contributed by atoms with van der Waals surface area (Å²) in [5, 5.41) is 2.52. The molecule has 5 heteroatoms. The van der Waals surface area contributed by atoms with Gasteiger partial charge in [-0.3, -0.25) is 15.1 Å². The van der Waals surface area contributed by atoms with Crippen LogP contribution in [0, 0.1) is 0 Å². The number of urea groups is 1. The Morgan fingerprint density at radius 2 is 1.95 bits per heavy atom.